The van der Waals surface area contributed by atoms with Gasteiger partial charge in [0.1, 0.15) is 0 Å². The maximum atomic E-state index is 11.1. The van der Waals surface area contributed by atoms with Gasteiger partial charge in [0.25, 0.3) is 0 Å². The van der Waals surface area contributed by atoms with Crippen molar-refractivity contribution in [3.05, 3.63) is 0 Å². The number of esters is 1. The molecule has 0 rings (SSSR count). The standard InChI is InChI=1S/C24H48O4/c1-8-23(2,3)19-24(4,5)18-14-15-20(25)21(27-6)16-12-10-9-11-13-17-22(26)28-7/h20-21,25H,8-19H2,1-7H3. The number of methoxy groups -OCH3 is 2. The van der Waals surface area contributed by atoms with Crippen LogP contribution >= 0.6 is 0 Å². The molecule has 0 aromatic carbocycles. The Morgan fingerprint density at radius 2 is 1.50 bits per heavy atom. The highest BCUT2D eigenvalue weighted by Gasteiger charge is 2.28. The number of hydrogen-bond donors (Lipinski definition) is 1. The fourth-order valence-electron chi connectivity index (χ4n) is 4.20. The number of aliphatic hydroxyl groups is 1. The quantitative estimate of drug-likeness (QED) is 0.230. The number of aliphatic hydroxyl groups excluding tert-OH is 1. The molecule has 0 aliphatic heterocycles. The van der Waals surface area contributed by atoms with E-state index in [4.69, 9.17) is 4.74 Å². The molecule has 1 N–H and O–H groups in total. The van der Waals surface area contributed by atoms with Gasteiger partial charge in [0.15, 0.2) is 0 Å². The van der Waals surface area contributed by atoms with Crippen molar-refractivity contribution in [3.8, 4) is 0 Å². The zero-order chi connectivity index (χ0) is 21.6. The van der Waals surface area contributed by atoms with E-state index in [2.05, 4.69) is 39.4 Å². The summed E-state index contributed by atoms with van der Waals surface area (Å²) in [5.41, 5.74) is 0.694. The molecule has 0 aromatic heterocycles. The van der Waals surface area contributed by atoms with Crippen molar-refractivity contribution < 1.29 is 19.4 Å². The molecule has 0 aliphatic carbocycles. The molecule has 0 fully saturated rings. The molecule has 0 radical (unpaired) electrons. The summed E-state index contributed by atoms with van der Waals surface area (Å²) in [5, 5.41) is 10.5. The average Bonchev–Trinajstić information content (AvgIpc) is 2.62. The molecule has 2 unspecified atom stereocenters. The predicted octanol–water partition coefficient (Wildman–Crippen LogP) is 6.29. The largest absolute Gasteiger partial charge is 0.469 e. The monoisotopic (exact) mass is 400 g/mol. The Morgan fingerprint density at radius 1 is 0.893 bits per heavy atom. The van der Waals surface area contributed by atoms with E-state index in [1.807, 2.05) is 0 Å². The van der Waals surface area contributed by atoms with E-state index in [0.717, 1.165) is 57.8 Å². The Hall–Kier alpha value is -0.610. The first kappa shape index (κ1) is 27.4. The van der Waals surface area contributed by atoms with E-state index in [1.54, 1.807) is 7.11 Å². The van der Waals surface area contributed by atoms with Crippen LogP contribution in [0.5, 0.6) is 0 Å². The lowest BCUT2D eigenvalue weighted by Gasteiger charge is -2.35. The summed E-state index contributed by atoms with van der Waals surface area (Å²) < 4.78 is 10.2. The number of carbonyl (C=O) groups excluding carboxylic acids is 1. The molecule has 168 valence electrons. The van der Waals surface area contributed by atoms with Gasteiger partial charge in [-0.3, -0.25) is 4.79 Å². The second-order valence-corrected chi connectivity index (χ2v) is 9.98. The van der Waals surface area contributed by atoms with Crippen molar-refractivity contribution in [2.45, 2.75) is 124 Å². The van der Waals surface area contributed by atoms with Gasteiger partial charge in [0, 0.05) is 13.5 Å². The van der Waals surface area contributed by atoms with Crippen molar-refractivity contribution in [3.63, 3.8) is 0 Å². The third kappa shape index (κ3) is 13.5. The van der Waals surface area contributed by atoms with Crippen molar-refractivity contribution in [1.29, 1.82) is 0 Å². The Balaban J connectivity index is 4.00. The van der Waals surface area contributed by atoms with Crippen LogP contribution in [-0.2, 0) is 14.3 Å². The van der Waals surface area contributed by atoms with Crippen molar-refractivity contribution >= 4 is 5.97 Å². The number of ether oxygens (including phenoxy) is 2. The van der Waals surface area contributed by atoms with Crippen LogP contribution in [0.3, 0.4) is 0 Å². The van der Waals surface area contributed by atoms with Crippen molar-refractivity contribution in [2.75, 3.05) is 14.2 Å². The van der Waals surface area contributed by atoms with Gasteiger partial charge in [0.05, 0.1) is 19.3 Å². The highest BCUT2D eigenvalue weighted by Crippen LogP contribution is 2.39. The molecular formula is C24H48O4. The SMILES string of the molecule is CCC(C)(C)CC(C)(C)CCCC(O)C(CCCCCCCC(=O)OC)OC. The minimum absolute atomic E-state index is 0.0646. The van der Waals surface area contributed by atoms with Gasteiger partial charge in [-0.1, -0.05) is 73.1 Å². The Kier molecular flexibility index (Phi) is 14.1. The fraction of sp³-hybridized carbons (Fsp3) is 0.958. The first-order valence-corrected chi connectivity index (χ1v) is 11.3. The highest BCUT2D eigenvalue weighted by atomic mass is 16.5. The number of unbranched alkanes of at least 4 members (excludes halogenated alkanes) is 4. The van der Waals surface area contributed by atoms with E-state index < -0.39 is 0 Å². The minimum Gasteiger partial charge on any atom is -0.469 e. The van der Waals surface area contributed by atoms with Crippen molar-refractivity contribution in [2.24, 2.45) is 10.8 Å². The molecular weight excluding hydrogens is 352 g/mol. The number of hydrogen-bond acceptors (Lipinski definition) is 4. The predicted molar refractivity (Wildman–Crippen MR) is 117 cm³/mol. The highest BCUT2D eigenvalue weighted by molar-refractivity contribution is 5.68. The number of rotatable bonds is 17. The van der Waals surface area contributed by atoms with Gasteiger partial charge >= 0.3 is 5.97 Å². The second kappa shape index (κ2) is 14.4. The Bertz CT molecular complexity index is 403. The maximum Gasteiger partial charge on any atom is 0.305 e. The molecule has 0 amide bonds. The smallest absolute Gasteiger partial charge is 0.305 e. The molecule has 0 aliphatic rings. The third-order valence-electron chi connectivity index (χ3n) is 6.10. The first-order chi connectivity index (χ1) is 13.1. The van der Waals surface area contributed by atoms with E-state index in [9.17, 15) is 9.90 Å². The third-order valence-corrected chi connectivity index (χ3v) is 6.10. The molecule has 2 atom stereocenters. The van der Waals surface area contributed by atoms with Crippen LogP contribution in [0.4, 0.5) is 0 Å². The summed E-state index contributed by atoms with van der Waals surface area (Å²) in [6, 6.07) is 0. The average molecular weight is 401 g/mol. The molecule has 0 spiro atoms. The normalized spacial score (nSPS) is 14.7. The molecule has 0 bridgehead atoms. The van der Waals surface area contributed by atoms with Crippen LogP contribution in [0.2, 0.25) is 0 Å². The van der Waals surface area contributed by atoms with Gasteiger partial charge in [0.2, 0.25) is 0 Å². The summed E-state index contributed by atoms with van der Waals surface area (Å²) in [5.74, 6) is -0.121. The summed E-state index contributed by atoms with van der Waals surface area (Å²) in [6.07, 6.45) is 11.6. The van der Waals surface area contributed by atoms with Crippen LogP contribution in [0.1, 0.15) is 112 Å². The van der Waals surface area contributed by atoms with Gasteiger partial charge in [-0.15, -0.1) is 0 Å². The van der Waals surface area contributed by atoms with Gasteiger partial charge in [-0.05, 0) is 42.9 Å². The van der Waals surface area contributed by atoms with Crippen LogP contribution in [0.15, 0.2) is 0 Å². The zero-order valence-electron chi connectivity index (χ0n) is 19.8. The zero-order valence-corrected chi connectivity index (χ0v) is 19.8. The van der Waals surface area contributed by atoms with Gasteiger partial charge < -0.3 is 14.6 Å². The Labute approximate surface area is 174 Å². The molecule has 4 nitrogen and oxygen atoms in total. The Morgan fingerprint density at radius 3 is 2.07 bits per heavy atom. The van der Waals surface area contributed by atoms with Gasteiger partial charge in [-0.2, -0.15) is 0 Å². The topological polar surface area (TPSA) is 55.8 Å². The molecule has 28 heavy (non-hydrogen) atoms. The van der Waals surface area contributed by atoms with Gasteiger partial charge in [-0.25, -0.2) is 0 Å². The summed E-state index contributed by atoms with van der Waals surface area (Å²) in [6.45, 7) is 11.7. The maximum absolute atomic E-state index is 11.1. The molecule has 0 saturated carbocycles. The first-order valence-electron chi connectivity index (χ1n) is 11.3. The van der Waals surface area contributed by atoms with Crippen LogP contribution in [-0.4, -0.2) is 37.5 Å². The lowest BCUT2D eigenvalue weighted by molar-refractivity contribution is -0.140. The van der Waals surface area contributed by atoms with Crippen LogP contribution < -0.4 is 0 Å². The van der Waals surface area contributed by atoms with E-state index in [0.29, 0.717) is 17.3 Å². The molecule has 4 heteroatoms. The number of carbonyl (C=O) groups is 1. The van der Waals surface area contributed by atoms with Crippen LogP contribution in [0.25, 0.3) is 0 Å². The molecule has 0 aromatic rings. The second-order valence-electron chi connectivity index (χ2n) is 9.98. The lowest BCUT2D eigenvalue weighted by atomic mass is 9.71. The summed E-state index contributed by atoms with van der Waals surface area (Å²) in [7, 11) is 3.14. The van der Waals surface area contributed by atoms with Crippen molar-refractivity contribution in [1.82, 2.24) is 0 Å². The summed E-state index contributed by atoms with van der Waals surface area (Å²) in [4.78, 5) is 11.1. The fourth-order valence-corrected chi connectivity index (χ4v) is 4.20. The van der Waals surface area contributed by atoms with E-state index in [-0.39, 0.29) is 18.2 Å². The minimum atomic E-state index is -0.376. The summed E-state index contributed by atoms with van der Waals surface area (Å²) >= 11 is 0. The van der Waals surface area contributed by atoms with Crippen LogP contribution in [0, 0.1) is 10.8 Å². The van der Waals surface area contributed by atoms with E-state index in [1.165, 1.54) is 20.0 Å². The molecule has 0 saturated heterocycles. The van der Waals surface area contributed by atoms with E-state index >= 15 is 0 Å². The lowest BCUT2D eigenvalue weighted by Crippen LogP contribution is -2.29. The molecule has 0 heterocycles.